The average Bonchev–Trinajstić information content (AvgIpc) is 2.92. The highest BCUT2D eigenvalue weighted by Gasteiger charge is 2.34. The first-order chi connectivity index (χ1) is 12.5. The molecule has 5 nitrogen and oxygen atoms in total. The van der Waals surface area contributed by atoms with Crippen molar-refractivity contribution in [2.75, 3.05) is 6.54 Å². The first-order valence-corrected chi connectivity index (χ1v) is 10.0. The maximum Gasteiger partial charge on any atom is 0.284 e. The average molecular weight is 384 g/mol. The third kappa shape index (κ3) is 3.95. The molecule has 0 N–H and O–H groups in total. The van der Waals surface area contributed by atoms with Crippen LogP contribution in [0.2, 0.25) is 0 Å². The van der Waals surface area contributed by atoms with Gasteiger partial charge < -0.3 is 0 Å². The van der Waals surface area contributed by atoms with Crippen LogP contribution in [0.15, 0.2) is 87.5 Å². The summed E-state index contributed by atoms with van der Waals surface area (Å²) in [5.74, 6) is -0.291. The molecular formula is C19H16N2O3S2. The first kappa shape index (κ1) is 18.2. The van der Waals surface area contributed by atoms with Crippen LogP contribution in [-0.4, -0.2) is 30.9 Å². The van der Waals surface area contributed by atoms with Crippen LogP contribution in [0.25, 0.3) is 6.08 Å². The van der Waals surface area contributed by atoms with Gasteiger partial charge in [-0.3, -0.25) is 9.69 Å². The zero-order valence-electron chi connectivity index (χ0n) is 13.8. The van der Waals surface area contributed by atoms with E-state index in [1.807, 2.05) is 30.3 Å². The minimum atomic E-state index is -3.90. The Morgan fingerprint density at radius 1 is 1.04 bits per heavy atom. The summed E-state index contributed by atoms with van der Waals surface area (Å²) in [5.41, 5.74) is 0.856. The van der Waals surface area contributed by atoms with Crippen molar-refractivity contribution in [1.82, 2.24) is 4.90 Å². The second-order valence-corrected chi connectivity index (χ2v) is 8.00. The monoisotopic (exact) mass is 384 g/mol. The number of carbonyl (C=O) groups is 1. The quantitative estimate of drug-likeness (QED) is 0.584. The fourth-order valence-electron chi connectivity index (χ4n) is 2.31. The summed E-state index contributed by atoms with van der Waals surface area (Å²) in [6, 6.07) is 17.3. The van der Waals surface area contributed by atoms with E-state index >= 15 is 0 Å². The van der Waals surface area contributed by atoms with Crippen molar-refractivity contribution in [2.45, 2.75) is 4.90 Å². The van der Waals surface area contributed by atoms with Gasteiger partial charge >= 0.3 is 0 Å². The lowest BCUT2D eigenvalue weighted by molar-refractivity contribution is -0.121. The van der Waals surface area contributed by atoms with Gasteiger partial charge in [-0.15, -0.1) is 11.0 Å². The molecule has 0 atom stereocenters. The largest absolute Gasteiger partial charge is 0.284 e. The maximum atomic E-state index is 12.6. The van der Waals surface area contributed by atoms with Crippen molar-refractivity contribution in [3.8, 4) is 0 Å². The van der Waals surface area contributed by atoms with E-state index in [4.69, 9.17) is 0 Å². The summed E-state index contributed by atoms with van der Waals surface area (Å²) in [7, 11) is -3.90. The standard InChI is InChI=1S/C19H16N2O3S2/c1-2-13-21-18(22)17(14-15-9-5-3-6-10-15)25-19(21)20-26(23,24)16-11-7-4-8-12-16/h2-12,14H,1,13H2/b17-14+,20-19-. The van der Waals surface area contributed by atoms with Crippen LogP contribution in [0.4, 0.5) is 0 Å². The number of carbonyl (C=O) groups excluding carboxylic acids is 1. The summed E-state index contributed by atoms with van der Waals surface area (Å²) in [5, 5.41) is 0.126. The van der Waals surface area contributed by atoms with Crippen molar-refractivity contribution in [3.63, 3.8) is 0 Å². The van der Waals surface area contributed by atoms with Crippen molar-refractivity contribution < 1.29 is 13.2 Å². The van der Waals surface area contributed by atoms with Crippen molar-refractivity contribution >= 4 is 38.9 Å². The van der Waals surface area contributed by atoms with Crippen LogP contribution < -0.4 is 0 Å². The number of amides is 1. The number of nitrogens with zero attached hydrogens (tertiary/aromatic N) is 2. The summed E-state index contributed by atoms with van der Waals surface area (Å²) in [6.07, 6.45) is 3.26. The molecule has 7 heteroatoms. The van der Waals surface area contributed by atoms with E-state index in [0.717, 1.165) is 17.3 Å². The Labute approximate surface area is 156 Å². The number of hydrogen-bond donors (Lipinski definition) is 0. The third-order valence-corrected chi connectivity index (χ3v) is 5.94. The number of benzene rings is 2. The molecule has 0 aliphatic carbocycles. The predicted octanol–water partition coefficient (Wildman–Crippen LogP) is 3.53. The molecule has 0 radical (unpaired) electrons. The zero-order chi connectivity index (χ0) is 18.6. The Kier molecular flexibility index (Phi) is 5.39. The number of rotatable bonds is 5. The van der Waals surface area contributed by atoms with Crippen molar-refractivity contribution in [3.05, 3.63) is 83.8 Å². The van der Waals surface area contributed by atoms with Gasteiger partial charge in [0.2, 0.25) is 0 Å². The van der Waals surface area contributed by atoms with Crippen molar-refractivity contribution in [2.24, 2.45) is 4.40 Å². The maximum absolute atomic E-state index is 12.6. The van der Waals surface area contributed by atoms with E-state index in [0.29, 0.717) is 4.91 Å². The molecule has 1 amide bonds. The summed E-state index contributed by atoms with van der Waals surface area (Å²) in [4.78, 5) is 14.5. The Bertz CT molecular complexity index is 982. The molecule has 3 rings (SSSR count). The van der Waals surface area contributed by atoms with E-state index in [-0.39, 0.29) is 22.5 Å². The summed E-state index contributed by atoms with van der Waals surface area (Å²) < 4.78 is 28.9. The molecule has 1 aliphatic heterocycles. The predicted molar refractivity (Wildman–Crippen MR) is 105 cm³/mol. The first-order valence-electron chi connectivity index (χ1n) is 7.78. The van der Waals surface area contributed by atoms with Crippen LogP contribution in [0.5, 0.6) is 0 Å². The van der Waals surface area contributed by atoms with Gasteiger partial charge in [0.15, 0.2) is 5.17 Å². The van der Waals surface area contributed by atoms with Crippen LogP contribution in [0, 0.1) is 0 Å². The highest BCUT2D eigenvalue weighted by atomic mass is 32.2. The van der Waals surface area contributed by atoms with Crippen LogP contribution in [0.1, 0.15) is 5.56 Å². The summed E-state index contributed by atoms with van der Waals surface area (Å²) in [6.45, 7) is 3.81. The molecule has 0 bridgehead atoms. The second kappa shape index (κ2) is 7.72. The van der Waals surface area contributed by atoms with Gasteiger partial charge in [0.1, 0.15) is 0 Å². The number of amidine groups is 1. The molecule has 0 unspecified atom stereocenters. The van der Waals surface area contributed by atoms with E-state index in [2.05, 4.69) is 11.0 Å². The normalized spacial score (nSPS) is 17.8. The van der Waals surface area contributed by atoms with Crippen LogP contribution in [-0.2, 0) is 14.8 Å². The van der Waals surface area contributed by atoms with Gasteiger partial charge in [-0.2, -0.15) is 8.42 Å². The zero-order valence-corrected chi connectivity index (χ0v) is 15.4. The Balaban J connectivity index is 1.99. The highest BCUT2D eigenvalue weighted by Crippen LogP contribution is 2.33. The Morgan fingerprint density at radius 2 is 1.65 bits per heavy atom. The van der Waals surface area contributed by atoms with E-state index < -0.39 is 10.0 Å². The molecule has 2 aromatic rings. The SMILES string of the molecule is C=CCN1C(=O)/C(=C\c2ccccc2)S/C1=N\S(=O)(=O)c1ccccc1. The van der Waals surface area contributed by atoms with Gasteiger partial charge in [0.05, 0.1) is 9.80 Å². The molecular weight excluding hydrogens is 368 g/mol. The van der Waals surface area contributed by atoms with E-state index in [1.165, 1.54) is 23.1 Å². The van der Waals surface area contributed by atoms with E-state index in [9.17, 15) is 13.2 Å². The molecule has 1 aliphatic rings. The smallest absolute Gasteiger partial charge is 0.282 e. The van der Waals surface area contributed by atoms with Gasteiger partial charge in [-0.05, 0) is 35.5 Å². The molecule has 0 spiro atoms. The summed E-state index contributed by atoms with van der Waals surface area (Å²) >= 11 is 1.04. The van der Waals surface area contributed by atoms with Crippen LogP contribution in [0.3, 0.4) is 0 Å². The topological polar surface area (TPSA) is 66.8 Å². The Hall–Kier alpha value is -2.64. The minimum Gasteiger partial charge on any atom is -0.282 e. The molecule has 1 heterocycles. The van der Waals surface area contributed by atoms with Gasteiger partial charge in [0.25, 0.3) is 15.9 Å². The van der Waals surface area contributed by atoms with Gasteiger partial charge in [0, 0.05) is 6.54 Å². The molecule has 2 aromatic carbocycles. The van der Waals surface area contributed by atoms with Crippen LogP contribution >= 0.6 is 11.8 Å². The molecule has 132 valence electrons. The highest BCUT2D eigenvalue weighted by molar-refractivity contribution is 8.19. The lowest BCUT2D eigenvalue weighted by Gasteiger charge is -2.12. The van der Waals surface area contributed by atoms with Gasteiger partial charge in [-0.25, -0.2) is 0 Å². The minimum absolute atomic E-state index is 0.0830. The second-order valence-electron chi connectivity index (χ2n) is 5.39. The van der Waals surface area contributed by atoms with Gasteiger partial charge in [-0.1, -0.05) is 54.6 Å². The number of hydrogen-bond acceptors (Lipinski definition) is 4. The molecule has 1 fully saturated rings. The molecule has 0 aromatic heterocycles. The number of sulfonamides is 1. The molecule has 0 saturated carbocycles. The van der Waals surface area contributed by atoms with Crippen molar-refractivity contribution in [1.29, 1.82) is 0 Å². The Morgan fingerprint density at radius 3 is 2.27 bits per heavy atom. The third-order valence-electron chi connectivity index (χ3n) is 3.54. The molecule has 1 saturated heterocycles. The van der Waals surface area contributed by atoms with E-state index in [1.54, 1.807) is 24.3 Å². The molecule has 26 heavy (non-hydrogen) atoms. The fourth-order valence-corrected chi connectivity index (χ4v) is 4.53. The fraction of sp³-hybridized carbons (Fsp3) is 0.0526. The number of thioether (sulfide) groups is 1. The lowest BCUT2D eigenvalue weighted by atomic mass is 10.2. The lowest BCUT2D eigenvalue weighted by Crippen LogP contribution is -2.29.